The molecule has 0 spiro atoms. The lowest BCUT2D eigenvalue weighted by Gasteiger charge is -2.17. The Hall–Kier alpha value is -2.37. The van der Waals surface area contributed by atoms with Gasteiger partial charge in [-0.25, -0.2) is 9.18 Å². The molecule has 1 aromatic carbocycles. The summed E-state index contributed by atoms with van der Waals surface area (Å²) in [5.74, 6) is -1.62. The maximum Gasteiger partial charge on any atom is 0.407 e. The second kappa shape index (κ2) is 7.15. The van der Waals surface area contributed by atoms with Crippen LogP contribution < -0.4 is 5.32 Å². The van der Waals surface area contributed by atoms with E-state index in [0.717, 1.165) is 0 Å². The van der Waals surface area contributed by atoms with E-state index in [1.165, 1.54) is 30.3 Å². The molecule has 1 aromatic rings. The summed E-state index contributed by atoms with van der Waals surface area (Å²) in [6, 6.07) is 4.52. The van der Waals surface area contributed by atoms with Crippen LogP contribution in [0.5, 0.6) is 0 Å². The number of carboxylic acids is 1. The number of ether oxygens (including phenoxy) is 1. The van der Waals surface area contributed by atoms with Gasteiger partial charge in [-0.1, -0.05) is 24.8 Å². The number of alkyl carbamates (subject to hydrolysis) is 1. The lowest BCUT2D eigenvalue weighted by atomic mass is 10.0. The number of rotatable bonds is 6. The summed E-state index contributed by atoms with van der Waals surface area (Å²) in [5, 5.41) is 11.2. The van der Waals surface area contributed by atoms with Crippen LogP contribution in [0.4, 0.5) is 9.18 Å². The molecule has 0 saturated carbocycles. The highest BCUT2D eigenvalue weighted by atomic mass is 19.1. The number of hydrogen-bond acceptors (Lipinski definition) is 3. The number of halogens is 1. The zero-order valence-electron chi connectivity index (χ0n) is 10.1. The highest BCUT2D eigenvalue weighted by Crippen LogP contribution is 2.18. The summed E-state index contributed by atoms with van der Waals surface area (Å²) in [5.41, 5.74) is 0.359. The second-order valence-corrected chi connectivity index (χ2v) is 3.74. The van der Waals surface area contributed by atoms with Gasteiger partial charge in [0.15, 0.2) is 0 Å². The molecule has 1 rings (SSSR count). The molecule has 0 radical (unpaired) electrons. The third-order valence-electron chi connectivity index (χ3n) is 2.25. The average molecular weight is 267 g/mol. The lowest BCUT2D eigenvalue weighted by Crippen LogP contribution is -2.30. The van der Waals surface area contributed by atoms with E-state index in [1.54, 1.807) is 0 Å². The second-order valence-electron chi connectivity index (χ2n) is 3.74. The van der Waals surface area contributed by atoms with Crippen molar-refractivity contribution < 1.29 is 23.8 Å². The Morgan fingerprint density at radius 3 is 2.84 bits per heavy atom. The number of carbonyl (C=O) groups excluding carboxylic acids is 1. The Morgan fingerprint density at radius 1 is 1.53 bits per heavy atom. The Kier molecular flexibility index (Phi) is 5.53. The van der Waals surface area contributed by atoms with Crippen molar-refractivity contribution in [2.45, 2.75) is 12.5 Å². The third kappa shape index (κ3) is 5.20. The summed E-state index contributed by atoms with van der Waals surface area (Å²) in [7, 11) is 0. The molecule has 6 heteroatoms. The van der Waals surface area contributed by atoms with E-state index in [2.05, 4.69) is 11.9 Å². The molecule has 0 aliphatic rings. The summed E-state index contributed by atoms with van der Waals surface area (Å²) in [4.78, 5) is 22.1. The summed E-state index contributed by atoms with van der Waals surface area (Å²) < 4.78 is 17.8. The Balaban J connectivity index is 2.79. The summed E-state index contributed by atoms with van der Waals surface area (Å²) in [6.45, 7) is 3.39. The number of carbonyl (C=O) groups is 2. The SMILES string of the molecule is C=CCOC(=O)NC(CC(=O)O)c1cccc(F)c1. The minimum absolute atomic E-state index is 0.00871. The monoisotopic (exact) mass is 267 g/mol. The fraction of sp³-hybridized carbons (Fsp3) is 0.231. The van der Waals surface area contributed by atoms with Crippen LogP contribution in [0, 0.1) is 5.82 Å². The molecule has 1 unspecified atom stereocenters. The number of carboxylic acid groups (broad SMARTS) is 1. The maximum atomic E-state index is 13.1. The van der Waals surface area contributed by atoms with Gasteiger partial charge in [0.1, 0.15) is 12.4 Å². The Bertz CT molecular complexity index is 475. The van der Waals surface area contributed by atoms with E-state index in [1.807, 2.05) is 0 Å². The van der Waals surface area contributed by atoms with Crippen molar-refractivity contribution >= 4 is 12.1 Å². The van der Waals surface area contributed by atoms with E-state index < -0.39 is 23.9 Å². The topological polar surface area (TPSA) is 75.6 Å². The predicted molar refractivity (Wildman–Crippen MR) is 66.1 cm³/mol. The van der Waals surface area contributed by atoms with Gasteiger partial charge < -0.3 is 15.2 Å². The fourth-order valence-electron chi connectivity index (χ4n) is 1.47. The van der Waals surface area contributed by atoms with Crippen molar-refractivity contribution in [3.8, 4) is 0 Å². The van der Waals surface area contributed by atoms with Gasteiger partial charge in [-0.05, 0) is 17.7 Å². The molecular weight excluding hydrogens is 253 g/mol. The van der Waals surface area contributed by atoms with Crippen LogP contribution in [0.1, 0.15) is 18.0 Å². The minimum atomic E-state index is -1.11. The summed E-state index contributed by atoms with van der Waals surface area (Å²) in [6.07, 6.45) is 0.232. The zero-order valence-corrected chi connectivity index (χ0v) is 10.1. The molecule has 102 valence electrons. The van der Waals surface area contributed by atoms with Crippen LogP contribution in [0.3, 0.4) is 0 Å². The number of aliphatic carboxylic acids is 1. The molecule has 1 atom stereocenters. The van der Waals surface area contributed by atoms with Crippen molar-refractivity contribution in [1.29, 1.82) is 0 Å². The van der Waals surface area contributed by atoms with E-state index in [-0.39, 0.29) is 13.0 Å². The number of nitrogens with one attached hydrogen (secondary N) is 1. The van der Waals surface area contributed by atoms with Crippen molar-refractivity contribution in [3.63, 3.8) is 0 Å². The molecular formula is C13H14FNO4. The van der Waals surface area contributed by atoms with Crippen LogP contribution >= 0.6 is 0 Å². The molecule has 5 nitrogen and oxygen atoms in total. The predicted octanol–water partition coefficient (Wildman–Crippen LogP) is 2.25. The maximum absolute atomic E-state index is 13.1. The van der Waals surface area contributed by atoms with Crippen molar-refractivity contribution in [3.05, 3.63) is 48.3 Å². The zero-order chi connectivity index (χ0) is 14.3. The molecule has 0 saturated heterocycles. The van der Waals surface area contributed by atoms with Crippen LogP contribution in [-0.4, -0.2) is 23.8 Å². The first-order valence-electron chi connectivity index (χ1n) is 5.54. The molecule has 0 bridgehead atoms. The first-order valence-corrected chi connectivity index (χ1v) is 5.54. The van der Waals surface area contributed by atoms with Crippen molar-refractivity contribution in [1.82, 2.24) is 5.32 Å². The smallest absolute Gasteiger partial charge is 0.407 e. The van der Waals surface area contributed by atoms with E-state index in [4.69, 9.17) is 9.84 Å². The van der Waals surface area contributed by atoms with Crippen LogP contribution in [0.15, 0.2) is 36.9 Å². The first kappa shape index (κ1) is 14.7. The standard InChI is InChI=1S/C13H14FNO4/c1-2-6-19-13(18)15-11(8-12(16)17)9-4-3-5-10(14)7-9/h2-5,7,11H,1,6,8H2,(H,15,18)(H,16,17). The number of amides is 1. The van der Waals surface area contributed by atoms with E-state index in [0.29, 0.717) is 5.56 Å². The van der Waals surface area contributed by atoms with Gasteiger partial charge >= 0.3 is 12.1 Å². The first-order chi connectivity index (χ1) is 9.02. The van der Waals surface area contributed by atoms with Gasteiger partial charge in [0.05, 0.1) is 12.5 Å². The molecule has 0 aliphatic heterocycles. The average Bonchev–Trinajstić information content (AvgIpc) is 2.35. The molecule has 0 fully saturated rings. The molecule has 0 aromatic heterocycles. The van der Waals surface area contributed by atoms with Gasteiger partial charge in [0.25, 0.3) is 0 Å². The highest BCUT2D eigenvalue weighted by Gasteiger charge is 2.19. The van der Waals surface area contributed by atoms with Gasteiger partial charge in [0, 0.05) is 0 Å². The molecule has 2 N–H and O–H groups in total. The Morgan fingerprint density at radius 2 is 2.26 bits per heavy atom. The minimum Gasteiger partial charge on any atom is -0.481 e. The fourth-order valence-corrected chi connectivity index (χ4v) is 1.47. The van der Waals surface area contributed by atoms with Crippen molar-refractivity contribution in [2.75, 3.05) is 6.61 Å². The molecule has 1 amide bonds. The van der Waals surface area contributed by atoms with Crippen LogP contribution in [0.25, 0.3) is 0 Å². The highest BCUT2D eigenvalue weighted by molar-refractivity contribution is 5.72. The van der Waals surface area contributed by atoms with Gasteiger partial charge in [-0.2, -0.15) is 0 Å². The number of benzene rings is 1. The largest absolute Gasteiger partial charge is 0.481 e. The summed E-state index contributed by atoms with van der Waals surface area (Å²) >= 11 is 0. The van der Waals surface area contributed by atoms with E-state index >= 15 is 0 Å². The van der Waals surface area contributed by atoms with Gasteiger partial charge in [0.2, 0.25) is 0 Å². The quantitative estimate of drug-likeness (QED) is 0.775. The van der Waals surface area contributed by atoms with E-state index in [9.17, 15) is 14.0 Å². The normalized spacial score (nSPS) is 11.4. The molecule has 0 heterocycles. The lowest BCUT2D eigenvalue weighted by molar-refractivity contribution is -0.137. The third-order valence-corrected chi connectivity index (χ3v) is 2.25. The number of hydrogen-bond donors (Lipinski definition) is 2. The van der Waals surface area contributed by atoms with Gasteiger partial charge in [-0.15, -0.1) is 0 Å². The molecule has 19 heavy (non-hydrogen) atoms. The van der Waals surface area contributed by atoms with Gasteiger partial charge in [-0.3, -0.25) is 4.79 Å². The molecule has 0 aliphatic carbocycles. The Labute approximate surface area is 109 Å². The van der Waals surface area contributed by atoms with Crippen molar-refractivity contribution in [2.24, 2.45) is 0 Å². The van der Waals surface area contributed by atoms with Crippen LogP contribution in [0.2, 0.25) is 0 Å². The van der Waals surface area contributed by atoms with Crippen LogP contribution in [-0.2, 0) is 9.53 Å².